The Morgan fingerprint density at radius 2 is 1.83 bits per heavy atom. The molecule has 1 aromatic carbocycles. The fourth-order valence-corrected chi connectivity index (χ4v) is 5.27. The summed E-state index contributed by atoms with van der Waals surface area (Å²) in [6, 6.07) is 7.45. The lowest BCUT2D eigenvalue weighted by atomic mass is 9.96. The van der Waals surface area contributed by atoms with E-state index in [0.29, 0.717) is 41.0 Å². The van der Waals surface area contributed by atoms with E-state index in [1.54, 1.807) is 0 Å². The average Bonchev–Trinajstić information content (AvgIpc) is 3.33. The van der Waals surface area contributed by atoms with E-state index < -0.39 is 0 Å². The van der Waals surface area contributed by atoms with Gasteiger partial charge >= 0.3 is 0 Å². The second kappa shape index (κ2) is 8.83. The highest BCUT2D eigenvalue weighted by molar-refractivity contribution is 7.17. The zero-order valence-electron chi connectivity index (χ0n) is 16.6. The Bertz CT molecular complexity index is 1070. The first kappa shape index (κ1) is 21.0. The summed E-state index contributed by atoms with van der Waals surface area (Å²) in [5.74, 6) is -0.138. The molecule has 0 saturated carbocycles. The number of anilines is 1. The Balaban J connectivity index is 1.38. The van der Waals surface area contributed by atoms with Crippen molar-refractivity contribution in [3.8, 4) is 10.6 Å². The smallest absolute Gasteiger partial charge is 0.265 e. The molecule has 1 aliphatic heterocycles. The number of carbonyl (C=O) groups is 2. The Hall–Kier alpha value is -2.29. The Kier molecular flexibility index (Phi) is 6.17. The highest BCUT2D eigenvalue weighted by Crippen LogP contribution is 2.31. The van der Waals surface area contributed by atoms with Crippen molar-refractivity contribution in [1.82, 2.24) is 14.9 Å². The van der Waals surface area contributed by atoms with Gasteiger partial charge in [-0.3, -0.25) is 9.59 Å². The molecule has 0 bridgehead atoms. The van der Waals surface area contributed by atoms with Gasteiger partial charge in [0.25, 0.3) is 5.91 Å². The summed E-state index contributed by atoms with van der Waals surface area (Å²) in [6.45, 7) is 4.87. The van der Waals surface area contributed by atoms with Gasteiger partial charge in [-0.1, -0.05) is 23.7 Å². The van der Waals surface area contributed by atoms with E-state index >= 15 is 0 Å². The van der Waals surface area contributed by atoms with Crippen molar-refractivity contribution in [3.05, 3.63) is 50.9 Å². The minimum absolute atomic E-state index is 0.0142. The van der Waals surface area contributed by atoms with Gasteiger partial charge < -0.3 is 10.2 Å². The standard InChI is InChI=1S/C21H21ClN4O2S2/c1-12-11-29-21(23-12)25-18(27)14-7-9-26(10-8-14)20(28)17-13(2)24-19(30-17)15-3-5-16(22)6-4-15/h3-6,11,14H,7-10H2,1-2H3,(H,23,25,27). The highest BCUT2D eigenvalue weighted by atomic mass is 35.5. The molecule has 30 heavy (non-hydrogen) atoms. The molecule has 2 amide bonds. The number of halogens is 1. The Morgan fingerprint density at radius 3 is 2.47 bits per heavy atom. The van der Waals surface area contributed by atoms with Gasteiger partial charge in [0.15, 0.2) is 5.13 Å². The molecule has 0 radical (unpaired) electrons. The number of aromatic nitrogens is 2. The van der Waals surface area contributed by atoms with Crippen LogP contribution in [-0.2, 0) is 4.79 Å². The zero-order valence-corrected chi connectivity index (χ0v) is 19.0. The van der Waals surface area contributed by atoms with Crippen molar-refractivity contribution in [2.75, 3.05) is 18.4 Å². The van der Waals surface area contributed by atoms with Crippen LogP contribution in [-0.4, -0.2) is 39.8 Å². The summed E-state index contributed by atoms with van der Waals surface area (Å²) in [5.41, 5.74) is 2.57. The van der Waals surface area contributed by atoms with Gasteiger partial charge in [-0.2, -0.15) is 0 Å². The lowest BCUT2D eigenvalue weighted by molar-refractivity contribution is -0.121. The number of aryl methyl sites for hydroxylation is 2. The molecule has 1 saturated heterocycles. The van der Waals surface area contributed by atoms with E-state index in [1.165, 1.54) is 22.7 Å². The number of thiazole rings is 2. The van der Waals surface area contributed by atoms with Crippen LogP contribution in [0.25, 0.3) is 10.6 Å². The van der Waals surface area contributed by atoms with E-state index in [0.717, 1.165) is 22.0 Å². The molecule has 0 aliphatic carbocycles. The fourth-order valence-electron chi connectivity index (χ4n) is 3.42. The molecule has 0 atom stereocenters. The van der Waals surface area contributed by atoms with Crippen LogP contribution in [0.1, 0.15) is 33.9 Å². The van der Waals surface area contributed by atoms with Crippen LogP contribution in [0.2, 0.25) is 5.02 Å². The summed E-state index contributed by atoms with van der Waals surface area (Å²) in [5, 5.41) is 6.90. The summed E-state index contributed by atoms with van der Waals surface area (Å²) < 4.78 is 0. The third-order valence-corrected chi connectivity index (χ3v) is 7.41. The van der Waals surface area contributed by atoms with Crippen LogP contribution in [0.5, 0.6) is 0 Å². The van der Waals surface area contributed by atoms with Crippen LogP contribution >= 0.6 is 34.3 Å². The maximum absolute atomic E-state index is 13.1. The number of amides is 2. The van der Waals surface area contributed by atoms with Gasteiger partial charge in [0, 0.05) is 35.0 Å². The summed E-state index contributed by atoms with van der Waals surface area (Å²) in [4.78, 5) is 36.9. The van der Waals surface area contributed by atoms with E-state index in [1.807, 2.05) is 48.4 Å². The molecule has 1 fully saturated rings. The predicted octanol–water partition coefficient (Wildman–Crippen LogP) is 5.03. The van der Waals surface area contributed by atoms with E-state index in [-0.39, 0.29) is 17.7 Å². The van der Waals surface area contributed by atoms with E-state index in [2.05, 4.69) is 15.3 Å². The maximum atomic E-state index is 13.1. The van der Waals surface area contributed by atoms with E-state index in [9.17, 15) is 9.59 Å². The van der Waals surface area contributed by atoms with Crippen molar-refractivity contribution in [2.24, 2.45) is 5.92 Å². The second-order valence-electron chi connectivity index (χ2n) is 7.29. The third kappa shape index (κ3) is 4.55. The summed E-state index contributed by atoms with van der Waals surface area (Å²) >= 11 is 8.79. The molecule has 3 heterocycles. The number of nitrogens with zero attached hydrogens (tertiary/aromatic N) is 3. The molecule has 1 aliphatic rings. The number of nitrogens with one attached hydrogen (secondary N) is 1. The largest absolute Gasteiger partial charge is 0.338 e. The van der Waals surface area contributed by atoms with Crippen LogP contribution in [0.15, 0.2) is 29.6 Å². The topological polar surface area (TPSA) is 75.2 Å². The molecular weight excluding hydrogens is 440 g/mol. The molecular formula is C21H21ClN4O2S2. The van der Waals surface area contributed by atoms with Gasteiger partial charge in [-0.05, 0) is 38.8 Å². The molecule has 156 valence electrons. The Labute approximate surface area is 187 Å². The number of likely N-dealkylation sites (tertiary alicyclic amines) is 1. The van der Waals surface area contributed by atoms with Crippen molar-refractivity contribution in [2.45, 2.75) is 26.7 Å². The maximum Gasteiger partial charge on any atom is 0.265 e. The molecule has 9 heteroatoms. The first-order valence-corrected chi connectivity index (χ1v) is 11.7. The number of rotatable bonds is 4. The monoisotopic (exact) mass is 460 g/mol. The number of hydrogen-bond donors (Lipinski definition) is 1. The highest BCUT2D eigenvalue weighted by Gasteiger charge is 2.30. The quantitative estimate of drug-likeness (QED) is 0.592. The van der Waals surface area contributed by atoms with Crippen LogP contribution in [0.3, 0.4) is 0 Å². The predicted molar refractivity (Wildman–Crippen MR) is 121 cm³/mol. The lowest BCUT2D eigenvalue weighted by Gasteiger charge is -2.31. The van der Waals surface area contributed by atoms with Crippen molar-refractivity contribution in [3.63, 3.8) is 0 Å². The lowest BCUT2D eigenvalue weighted by Crippen LogP contribution is -2.41. The minimum atomic E-state index is -0.106. The molecule has 0 unspecified atom stereocenters. The van der Waals surface area contributed by atoms with Gasteiger partial charge in [-0.25, -0.2) is 9.97 Å². The number of benzene rings is 1. The molecule has 1 N–H and O–H groups in total. The number of piperidine rings is 1. The third-order valence-electron chi connectivity index (χ3n) is 5.08. The Morgan fingerprint density at radius 1 is 1.13 bits per heavy atom. The SMILES string of the molecule is Cc1csc(NC(=O)C2CCN(C(=O)c3sc(-c4ccc(Cl)cc4)nc3C)CC2)n1. The van der Waals surface area contributed by atoms with Crippen molar-refractivity contribution < 1.29 is 9.59 Å². The van der Waals surface area contributed by atoms with Gasteiger partial charge in [0.1, 0.15) is 9.88 Å². The van der Waals surface area contributed by atoms with Crippen LogP contribution in [0, 0.1) is 19.8 Å². The summed E-state index contributed by atoms with van der Waals surface area (Å²) in [7, 11) is 0. The first-order valence-electron chi connectivity index (χ1n) is 9.66. The normalized spacial score (nSPS) is 14.7. The van der Waals surface area contributed by atoms with Gasteiger partial charge in [0.05, 0.1) is 11.4 Å². The van der Waals surface area contributed by atoms with Crippen LogP contribution in [0.4, 0.5) is 5.13 Å². The van der Waals surface area contributed by atoms with Crippen molar-refractivity contribution in [1.29, 1.82) is 0 Å². The van der Waals surface area contributed by atoms with E-state index in [4.69, 9.17) is 11.6 Å². The van der Waals surface area contributed by atoms with Crippen molar-refractivity contribution >= 4 is 51.2 Å². The first-order chi connectivity index (χ1) is 14.4. The molecule has 6 nitrogen and oxygen atoms in total. The molecule has 3 aromatic rings. The molecule has 4 rings (SSSR count). The summed E-state index contributed by atoms with van der Waals surface area (Å²) in [6.07, 6.45) is 1.29. The minimum Gasteiger partial charge on any atom is -0.338 e. The number of hydrogen-bond acceptors (Lipinski definition) is 6. The van der Waals surface area contributed by atoms with Crippen LogP contribution < -0.4 is 5.32 Å². The number of carbonyl (C=O) groups excluding carboxylic acids is 2. The zero-order chi connectivity index (χ0) is 21.3. The van der Waals surface area contributed by atoms with Gasteiger partial charge in [-0.15, -0.1) is 22.7 Å². The fraction of sp³-hybridized carbons (Fsp3) is 0.333. The average molecular weight is 461 g/mol. The second-order valence-corrected chi connectivity index (χ2v) is 9.58. The van der Waals surface area contributed by atoms with Gasteiger partial charge in [0.2, 0.25) is 5.91 Å². The molecule has 2 aromatic heterocycles. The molecule has 0 spiro atoms.